The van der Waals surface area contributed by atoms with Gasteiger partial charge in [-0.05, 0) is 69.8 Å². The van der Waals surface area contributed by atoms with Crippen LogP contribution in [0.3, 0.4) is 0 Å². The summed E-state index contributed by atoms with van der Waals surface area (Å²) in [5, 5.41) is 2.30. The highest BCUT2D eigenvalue weighted by molar-refractivity contribution is 9.10. The number of fused-ring (bicyclic) bond motifs is 3. The van der Waals surface area contributed by atoms with Crippen molar-refractivity contribution in [1.29, 1.82) is 0 Å². The predicted molar refractivity (Wildman–Crippen MR) is 207 cm³/mol. The molecule has 3 aromatic heterocycles. The molecule has 236 valence electrons. The van der Waals surface area contributed by atoms with Crippen LogP contribution in [0.15, 0.2) is 175 Å². The van der Waals surface area contributed by atoms with Crippen LogP contribution in [-0.4, -0.2) is 24.5 Å². The molecule has 0 fully saturated rings. The van der Waals surface area contributed by atoms with Crippen molar-refractivity contribution in [3.05, 3.63) is 175 Å². The molecule has 0 saturated carbocycles. The molecule has 0 saturated heterocycles. The van der Waals surface area contributed by atoms with Crippen LogP contribution in [-0.2, 0) is 0 Å². The van der Waals surface area contributed by atoms with Crippen molar-refractivity contribution < 1.29 is 0 Å². The average molecular weight is 707 g/mol. The molecule has 0 spiro atoms. The molecular weight excluding hydrogens is 678 g/mol. The molecule has 0 aliphatic carbocycles. The zero-order chi connectivity index (χ0) is 33.4. The molecule has 0 amide bonds. The Bertz CT molecular complexity index is 2580. The SMILES string of the molecule is Brc1cc(-c2ccc(-c3cccnc3)cc2)cc(-c2nc(-c3ccc(-c4ccccc4)cc3)nc(-n3c4ccccc4c4ccccc43)n2)c1. The maximum Gasteiger partial charge on any atom is 0.238 e. The van der Waals surface area contributed by atoms with E-state index in [1.54, 1.807) is 6.20 Å². The van der Waals surface area contributed by atoms with Gasteiger partial charge in [0.15, 0.2) is 11.6 Å². The van der Waals surface area contributed by atoms with E-state index in [4.69, 9.17) is 15.0 Å². The zero-order valence-corrected chi connectivity index (χ0v) is 28.4. The molecule has 0 radical (unpaired) electrons. The molecule has 9 rings (SSSR count). The fourth-order valence-electron chi connectivity index (χ4n) is 6.58. The van der Waals surface area contributed by atoms with Crippen LogP contribution in [0.2, 0.25) is 0 Å². The molecule has 0 bridgehead atoms. The summed E-state index contributed by atoms with van der Waals surface area (Å²) in [7, 11) is 0. The second kappa shape index (κ2) is 12.7. The van der Waals surface area contributed by atoms with Crippen molar-refractivity contribution in [2.45, 2.75) is 0 Å². The van der Waals surface area contributed by atoms with Crippen LogP contribution in [0, 0.1) is 0 Å². The third kappa shape index (κ3) is 5.55. The van der Waals surface area contributed by atoms with Crippen molar-refractivity contribution in [3.8, 4) is 62.1 Å². The van der Waals surface area contributed by atoms with Gasteiger partial charge in [0.2, 0.25) is 5.95 Å². The zero-order valence-electron chi connectivity index (χ0n) is 26.8. The molecule has 0 N–H and O–H groups in total. The Morgan fingerprint density at radius 1 is 0.400 bits per heavy atom. The Balaban J connectivity index is 1.20. The molecule has 0 unspecified atom stereocenters. The van der Waals surface area contributed by atoms with Gasteiger partial charge in [0.1, 0.15) is 0 Å². The van der Waals surface area contributed by atoms with Gasteiger partial charge in [0.05, 0.1) is 11.0 Å². The third-order valence-corrected chi connectivity index (χ3v) is 9.48. The van der Waals surface area contributed by atoms with E-state index < -0.39 is 0 Å². The standard InChI is InChI=1S/C44H28BrN5/c45-37-26-35(32-18-16-31(17-19-32)34-11-8-24-46-28-34)25-36(27-37)43-47-42(33-22-20-30(21-23-33)29-9-2-1-3-10-29)48-44(49-43)50-40-14-6-4-12-38(40)39-13-5-7-15-41(39)50/h1-28H. The fraction of sp³-hybridized carbons (Fsp3) is 0. The summed E-state index contributed by atoms with van der Waals surface area (Å²) in [6.45, 7) is 0. The summed E-state index contributed by atoms with van der Waals surface area (Å²) in [6.07, 6.45) is 3.68. The van der Waals surface area contributed by atoms with E-state index in [9.17, 15) is 0 Å². The lowest BCUT2D eigenvalue weighted by Gasteiger charge is -2.12. The monoisotopic (exact) mass is 705 g/mol. The van der Waals surface area contributed by atoms with Gasteiger partial charge in [-0.25, -0.2) is 4.98 Å². The second-order valence-electron chi connectivity index (χ2n) is 12.1. The minimum absolute atomic E-state index is 0.567. The largest absolute Gasteiger partial charge is 0.278 e. The van der Waals surface area contributed by atoms with E-state index in [0.717, 1.165) is 70.8 Å². The second-order valence-corrected chi connectivity index (χ2v) is 13.1. The molecule has 0 aliphatic rings. The fourth-order valence-corrected chi connectivity index (χ4v) is 7.07. The molecule has 3 heterocycles. The summed E-state index contributed by atoms with van der Waals surface area (Å²) >= 11 is 3.79. The van der Waals surface area contributed by atoms with Gasteiger partial charge in [0, 0.05) is 38.8 Å². The highest BCUT2D eigenvalue weighted by Gasteiger charge is 2.18. The van der Waals surface area contributed by atoms with E-state index in [2.05, 4.69) is 171 Å². The van der Waals surface area contributed by atoms with Gasteiger partial charge in [-0.15, -0.1) is 0 Å². The summed E-state index contributed by atoms with van der Waals surface area (Å²) in [5.74, 6) is 1.76. The molecular formula is C44H28BrN5. The highest BCUT2D eigenvalue weighted by Crippen LogP contribution is 2.35. The first kappa shape index (κ1) is 29.9. The van der Waals surface area contributed by atoms with E-state index in [1.165, 1.54) is 0 Å². The summed E-state index contributed by atoms with van der Waals surface area (Å²) in [4.78, 5) is 19.7. The Morgan fingerprint density at radius 2 is 0.900 bits per heavy atom. The topological polar surface area (TPSA) is 56.5 Å². The maximum atomic E-state index is 5.18. The van der Waals surface area contributed by atoms with Gasteiger partial charge in [-0.2, -0.15) is 9.97 Å². The van der Waals surface area contributed by atoms with Crippen molar-refractivity contribution in [3.63, 3.8) is 0 Å². The van der Waals surface area contributed by atoms with Gasteiger partial charge >= 0.3 is 0 Å². The van der Waals surface area contributed by atoms with Crippen molar-refractivity contribution in [2.75, 3.05) is 0 Å². The number of para-hydroxylation sites is 2. The average Bonchev–Trinajstić information content (AvgIpc) is 3.53. The minimum Gasteiger partial charge on any atom is -0.278 e. The molecule has 6 aromatic carbocycles. The van der Waals surface area contributed by atoms with E-state index in [0.29, 0.717) is 17.6 Å². The molecule has 50 heavy (non-hydrogen) atoms. The summed E-state index contributed by atoms with van der Waals surface area (Å²) in [5.41, 5.74) is 10.5. The lowest BCUT2D eigenvalue weighted by atomic mass is 9.99. The Kier molecular flexibility index (Phi) is 7.56. The lowest BCUT2D eigenvalue weighted by Crippen LogP contribution is -2.06. The number of nitrogens with zero attached hydrogens (tertiary/aromatic N) is 5. The summed E-state index contributed by atoms with van der Waals surface area (Å²) in [6, 6.07) is 54.6. The third-order valence-electron chi connectivity index (χ3n) is 9.02. The first-order valence-electron chi connectivity index (χ1n) is 16.4. The molecule has 5 nitrogen and oxygen atoms in total. The quantitative estimate of drug-likeness (QED) is 0.173. The number of hydrogen-bond donors (Lipinski definition) is 0. The Morgan fingerprint density at radius 3 is 1.54 bits per heavy atom. The molecule has 0 aliphatic heterocycles. The minimum atomic E-state index is 0.567. The summed E-state index contributed by atoms with van der Waals surface area (Å²) < 4.78 is 3.09. The van der Waals surface area contributed by atoms with Crippen molar-refractivity contribution in [2.24, 2.45) is 0 Å². The van der Waals surface area contributed by atoms with Crippen LogP contribution in [0.1, 0.15) is 0 Å². The van der Waals surface area contributed by atoms with E-state index >= 15 is 0 Å². The highest BCUT2D eigenvalue weighted by atomic mass is 79.9. The van der Waals surface area contributed by atoms with Crippen LogP contribution in [0.4, 0.5) is 0 Å². The van der Waals surface area contributed by atoms with Gasteiger partial charge in [0.25, 0.3) is 0 Å². The maximum absolute atomic E-state index is 5.18. The molecule has 6 heteroatoms. The van der Waals surface area contributed by atoms with Crippen LogP contribution >= 0.6 is 15.9 Å². The molecule has 9 aromatic rings. The first-order chi connectivity index (χ1) is 24.7. The van der Waals surface area contributed by atoms with E-state index in [-0.39, 0.29) is 0 Å². The van der Waals surface area contributed by atoms with Gasteiger partial charge < -0.3 is 0 Å². The predicted octanol–water partition coefficient (Wildman–Crippen LogP) is 11.5. The first-order valence-corrected chi connectivity index (χ1v) is 17.2. The number of hydrogen-bond acceptors (Lipinski definition) is 4. The number of halogens is 1. The lowest BCUT2D eigenvalue weighted by molar-refractivity contribution is 0.953. The number of rotatable bonds is 6. The number of aromatic nitrogens is 5. The smallest absolute Gasteiger partial charge is 0.238 e. The van der Waals surface area contributed by atoms with Crippen LogP contribution in [0.5, 0.6) is 0 Å². The number of pyridine rings is 1. The van der Waals surface area contributed by atoms with Crippen molar-refractivity contribution in [1.82, 2.24) is 24.5 Å². The van der Waals surface area contributed by atoms with Crippen molar-refractivity contribution >= 4 is 37.7 Å². The Hall–Kier alpha value is -6.24. The Labute approximate surface area is 297 Å². The van der Waals surface area contributed by atoms with Gasteiger partial charge in [-0.1, -0.05) is 137 Å². The van der Waals surface area contributed by atoms with Crippen LogP contribution < -0.4 is 0 Å². The van der Waals surface area contributed by atoms with Crippen LogP contribution in [0.25, 0.3) is 83.9 Å². The normalized spacial score (nSPS) is 11.3. The van der Waals surface area contributed by atoms with Gasteiger partial charge in [-0.3, -0.25) is 9.55 Å². The number of benzene rings is 6. The molecule has 0 atom stereocenters. The van der Waals surface area contributed by atoms with E-state index in [1.807, 2.05) is 18.3 Å².